The summed E-state index contributed by atoms with van der Waals surface area (Å²) in [6.45, 7) is 0.341. The van der Waals surface area contributed by atoms with E-state index in [1.165, 1.54) is 12.1 Å². The van der Waals surface area contributed by atoms with Crippen molar-refractivity contribution in [1.29, 1.82) is 0 Å². The van der Waals surface area contributed by atoms with Crippen LogP contribution in [0, 0.1) is 5.82 Å². The topological polar surface area (TPSA) is 59.6 Å². The number of amides is 2. The van der Waals surface area contributed by atoms with Crippen molar-refractivity contribution in [1.82, 2.24) is 10.6 Å². The number of methoxy groups -OCH3 is 2. The van der Waals surface area contributed by atoms with E-state index in [4.69, 9.17) is 9.47 Å². The Kier molecular flexibility index (Phi) is 4.79. The normalized spacial score (nSPS) is 14.5. The second-order valence-corrected chi connectivity index (χ2v) is 6.09. The number of urea groups is 1. The van der Waals surface area contributed by atoms with Gasteiger partial charge in [-0.15, -0.1) is 0 Å². The van der Waals surface area contributed by atoms with Crippen LogP contribution in [0.5, 0.6) is 11.5 Å². The van der Waals surface area contributed by atoms with Gasteiger partial charge in [-0.2, -0.15) is 0 Å². The van der Waals surface area contributed by atoms with Crippen molar-refractivity contribution >= 4 is 6.03 Å². The largest absolute Gasteiger partial charge is 0.493 e. The molecular formula is C19H21FN2O3. The molecule has 0 saturated heterocycles. The van der Waals surface area contributed by atoms with Crippen molar-refractivity contribution in [3.63, 3.8) is 0 Å². The molecule has 2 amide bonds. The van der Waals surface area contributed by atoms with Crippen LogP contribution in [0.1, 0.15) is 24.0 Å². The van der Waals surface area contributed by atoms with Crippen LogP contribution < -0.4 is 20.1 Å². The van der Waals surface area contributed by atoms with Crippen LogP contribution in [0.4, 0.5) is 9.18 Å². The molecule has 1 aliphatic carbocycles. The molecule has 0 bridgehead atoms. The first-order chi connectivity index (χ1) is 12.1. The first kappa shape index (κ1) is 17.1. The first-order valence-electron chi connectivity index (χ1n) is 8.09. The molecule has 132 valence electrons. The van der Waals surface area contributed by atoms with Crippen molar-refractivity contribution in [2.45, 2.75) is 24.9 Å². The highest BCUT2D eigenvalue weighted by molar-refractivity contribution is 5.75. The molecule has 3 rings (SSSR count). The fourth-order valence-electron chi connectivity index (χ4n) is 2.79. The van der Waals surface area contributed by atoms with E-state index in [-0.39, 0.29) is 17.4 Å². The molecule has 0 aromatic heterocycles. The Hall–Kier alpha value is -2.76. The predicted molar refractivity (Wildman–Crippen MR) is 92.2 cm³/mol. The molecule has 0 spiro atoms. The average molecular weight is 344 g/mol. The number of halogens is 1. The fourth-order valence-corrected chi connectivity index (χ4v) is 2.79. The SMILES string of the molecule is COc1ccc(C2(NC(=O)NCc3ccc(F)cc3)CC2)cc1OC. The first-order valence-corrected chi connectivity index (χ1v) is 8.09. The Balaban J connectivity index is 1.63. The van der Waals surface area contributed by atoms with Gasteiger partial charge < -0.3 is 20.1 Å². The Morgan fingerprint density at radius 2 is 1.76 bits per heavy atom. The molecule has 1 aliphatic rings. The lowest BCUT2D eigenvalue weighted by Gasteiger charge is -2.20. The van der Waals surface area contributed by atoms with Gasteiger partial charge in [0.25, 0.3) is 0 Å². The minimum Gasteiger partial charge on any atom is -0.493 e. The third-order valence-corrected chi connectivity index (χ3v) is 4.41. The Morgan fingerprint density at radius 1 is 1.08 bits per heavy atom. The Bertz CT molecular complexity index is 758. The quantitative estimate of drug-likeness (QED) is 0.845. The van der Waals surface area contributed by atoms with E-state index in [9.17, 15) is 9.18 Å². The van der Waals surface area contributed by atoms with Crippen LogP contribution in [0.25, 0.3) is 0 Å². The zero-order valence-corrected chi connectivity index (χ0v) is 14.3. The summed E-state index contributed by atoms with van der Waals surface area (Å²) in [7, 11) is 3.18. The van der Waals surface area contributed by atoms with E-state index in [1.807, 2.05) is 18.2 Å². The molecule has 0 unspecified atom stereocenters. The standard InChI is InChI=1S/C19H21FN2O3/c1-24-16-8-5-14(11-17(16)25-2)19(9-10-19)22-18(23)21-12-13-3-6-15(20)7-4-13/h3-8,11H,9-10,12H2,1-2H3,(H2,21,22,23). The molecule has 1 saturated carbocycles. The van der Waals surface area contributed by atoms with Crippen LogP contribution in [-0.4, -0.2) is 20.3 Å². The van der Waals surface area contributed by atoms with E-state index in [1.54, 1.807) is 26.4 Å². The average Bonchev–Trinajstić information content (AvgIpc) is 3.41. The summed E-state index contributed by atoms with van der Waals surface area (Å²) in [5.74, 6) is 1.00. The lowest BCUT2D eigenvalue weighted by atomic mass is 10.0. The van der Waals surface area contributed by atoms with Crippen LogP contribution >= 0.6 is 0 Å². The van der Waals surface area contributed by atoms with E-state index in [2.05, 4.69) is 10.6 Å². The molecule has 0 aliphatic heterocycles. The van der Waals surface area contributed by atoms with Crippen LogP contribution in [0.3, 0.4) is 0 Å². The molecule has 2 N–H and O–H groups in total. The van der Waals surface area contributed by atoms with Gasteiger partial charge in [-0.3, -0.25) is 0 Å². The fraction of sp³-hybridized carbons (Fsp3) is 0.316. The van der Waals surface area contributed by atoms with E-state index in [0.29, 0.717) is 18.0 Å². The number of hydrogen-bond donors (Lipinski definition) is 2. The van der Waals surface area contributed by atoms with Crippen molar-refractivity contribution < 1.29 is 18.7 Å². The van der Waals surface area contributed by atoms with Crippen molar-refractivity contribution in [3.8, 4) is 11.5 Å². The molecule has 2 aromatic carbocycles. The molecule has 5 nitrogen and oxygen atoms in total. The number of nitrogens with one attached hydrogen (secondary N) is 2. The molecule has 2 aromatic rings. The van der Waals surface area contributed by atoms with Crippen molar-refractivity contribution in [2.75, 3.05) is 14.2 Å². The summed E-state index contributed by atoms with van der Waals surface area (Å²) in [6.07, 6.45) is 1.74. The maximum absolute atomic E-state index is 12.9. The second kappa shape index (κ2) is 7.01. The van der Waals surface area contributed by atoms with Gasteiger partial charge in [0.2, 0.25) is 0 Å². The van der Waals surface area contributed by atoms with Crippen LogP contribution in [-0.2, 0) is 12.1 Å². The van der Waals surface area contributed by atoms with Gasteiger partial charge in [0.05, 0.1) is 19.8 Å². The van der Waals surface area contributed by atoms with E-state index in [0.717, 1.165) is 24.0 Å². The Morgan fingerprint density at radius 3 is 2.36 bits per heavy atom. The van der Waals surface area contributed by atoms with Gasteiger partial charge >= 0.3 is 6.03 Å². The van der Waals surface area contributed by atoms with Gasteiger partial charge in [-0.1, -0.05) is 18.2 Å². The monoisotopic (exact) mass is 344 g/mol. The predicted octanol–water partition coefficient (Wildman–Crippen LogP) is 3.33. The summed E-state index contributed by atoms with van der Waals surface area (Å²) < 4.78 is 23.5. The van der Waals surface area contributed by atoms with Crippen molar-refractivity contribution in [2.24, 2.45) is 0 Å². The van der Waals surface area contributed by atoms with Crippen molar-refractivity contribution in [3.05, 3.63) is 59.4 Å². The van der Waals surface area contributed by atoms with Crippen LogP contribution in [0.15, 0.2) is 42.5 Å². The molecule has 25 heavy (non-hydrogen) atoms. The summed E-state index contributed by atoms with van der Waals surface area (Å²) in [5, 5.41) is 5.84. The molecule has 0 atom stereocenters. The highest BCUT2D eigenvalue weighted by atomic mass is 19.1. The van der Waals surface area contributed by atoms with Gasteiger partial charge in [0.1, 0.15) is 5.82 Å². The number of carbonyl (C=O) groups excluding carboxylic acids is 1. The molecule has 0 heterocycles. The minimum atomic E-state index is -0.369. The third-order valence-electron chi connectivity index (χ3n) is 4.41. The Labute approximate surface area is 146 Å². The lowest BCUT2D eigenvalue weighted by molar-refractivity contribution is 0.235. The maximum Gasteiger partial charge on any atom is 0.315 e. The summed E-state index contributed by atoms with van der Waals surface area (Å²) in [5.41, 5.74) is 1.46. The van der Waals surface area contributed by atoms with E-state index >= 15 is 0 Å². The smallest absolute Gasteiger partial charge is 0.315 e. The zero-order valence-electron chi connectivity index (χ0n) is 14.3. The van der Waals surface area contributed by atoms with E-state index < -0.39 is 0 Å². The lowest BCUT2D eigenvalue weighted by Crippen LogP contribution is -2.41. The number of hydrogen-bond acceptors (Lipinski definition) is 3. The highest BCUT2D eigenvalue weighted by Gasteiger charge is 2.46. The van der Waals surface area contributed by atoms with Crippen LogP contribution in [0.2, 0.25) is 0 Å². The number of carbonyl (C=O) groups is 1. The highest BCUT2D eigenvalue weighted by Crippen LogP contribution is 2.47. The molecule has 0 radical (unpaired) electrons. The number of ether oxygens (including phenoxy) is 2. The summed E-state index contributed by atoms with van der Waals surface area (Å²) in [6, 6.07) is 11.5. The van der Waals surface area contributed by atoms with Gasteiger partial charge in [0.15, 0.2) is 11.5 Å². The molecule has 6 heteroatoms. The minimum absolute atomic E-state index is 0.253. The summed E-state index contributed by atoms with van der Waals surface area (Å²) >= 11 is 0. The zero-order chi connectivity index (χ0) is 17.9. The van der Waals surface area contributed by atoms with Gasteiger partial charge in [0, 0.05) is 6.54 Å². The number of benzene rings is 2. The van der Waals surface area contributed by atoms with Gasteiger partial charge in [-0.05, 0) is 48.2 Å². The molecule has 1 fully saturated rings. The number of rotatable bonds is 6. The molecular weight excluding hydrogens is 323 g/mol. The third kappa shape index (κ3) is 3.84. The summed E-state index contributed by atoms with van der Waals surface area (Å²) in [4.78, 5) is 12.2. The maximum atomic E-state index is 12.9. The second-order valence-electron chi connectivity index (χ2n) is 6.09. The van der Waals surface area contributed by atoms with Gasteiger partial charge in [-0.25, -0.2) is 9.18 Å².